The number of fused-ring (bicyclic) bond motifs is 6. The number of benzene rings is 8. The summed E-state index contributed by atoms with van der Waals surface area (Å²) in [6.07, 6.45) is -10.4. The van der Waals surface area contributed by atoms with E-state index in [2.05, 4.69) is 48.5 Å². The summed E-state index contributed by atoms with van der Waals surface area (Å²) in [5, 5.41) is 14.6. The first-order valence-electron chi connectivity index (χ1n) is 20.7. The van der Waals surface area contributed by atoms with Crippen LogP contribution in [-0.4, -0.2) is 9.13 Å². The van der Waals surface area contributed by atoms with Crippen molar-refractivity contribution in [3.05, 3.63) is 191 Å². The average Bonchev–Trinajstić information content (AvgIpc) is 3.76. The lowest BCUT2D eigenvalue weighted by molar-refractivity contribution is -0.142. The molecule has 64 heavy (non-hydrogen) atoms. The minimum atomic E-state index is -5.18. The van der Waals surface area contributed by atoms with E-state index in [9.17, 15) is 5.26 Å². The molecule has 0 unspecified atom stereocenters. The van der Waals surface area contributed by atoms with Crippen LogP contribution in [0.2, 0.25) is 0 Å². The van der Waals surface area contributed by atoms with Gasteiger partial charge in [0.15, 0.2) is 0 Å². The third-order valence-electron chi connectivity index (χ3n) is 12.1. The number of aryl methyl sites for hydroxylation is 4. The number of halogens is 6. The second-order valence-corrected chi connectivity index (χ2v) is 16.6. The first-order chi connectivity index (χ1) is 30.6. The lowest BCUT2D eigenvalue weighted by atomic mass is 9.90. The Morgan fingerprint density at radius 2 is 0.859 bits per heavy atom. The number of hydrogen-bond acceptors (Lipinski definition) is 1. The van der Waals surface area contributed by atoms with Crippen molar-refractivity contribution in [2.24, 2.45) is 0 Å². The summed E-state index contributed by atoms with van der Waals surface area (Å²) in [5.41, 5.74) is 6.29. The molecule has 0 aliphatic heterocycles. The zero-order valence-corrected chi connectivity index (χ0v) is 35.0. The number of hydrogen-bond donors (Lipinski definition) is 0. The van der Waals surface area contributed by atoms with Gasteiger partial charge in [0.2, 0.25) is 0 Å². The Hall–Kier alpha value is -7.57. The maximum atomic E-state index is 15.1. The van der Waals surface area contributed by atoms with Crippen LogP contribution in [0.4, 0.5) is 26.3 Å². The Bertz CT molecular complexity index is 3520. The van der Waals surface area contributed by atoms with Crippen LogP contribution in [-0.2, 0) is 12.4 Å². The largest absolute Gasteiger partial charge is 0.417 e. The first kappa shape index (κ1) is 40.5. The van der Waals surface area contributed by atoms with Gasteiger partial charge in [-0.05, 0) is 105 Å². The maximum Gasteiger partial charge on any atom is 0.417 e. The molecule has 10 rings (SSSR count). The van der Waals surface area contributed by atoms with E-state index in [-0.39, 0.29) is 16.8 Å². The highest BCUT2D eigenvalue weighted by Gasteiger charge is 2.42. The van der Waals surface area contributed by atoms with E-state index in [1.807, 2.05) is 99.0 Å². The summed E-state index contributed by atoms with van der Waals surface area (Å²) in [4.78, 5) is 0. The zero-order valence-electron chi connectivity index (χ0n) is 35.0. The quantitative estimate of drug-likeness (QED) is 0.159. The van der Waals surface area contributed by atoms with Crippen molar-refractivity contribution in [2.75, 3.05) is 0 Å². The molecule has 0 bridgehead atoms. The predicted molar refractivity (Wildman–Crippen MR) is 245 cm³/mol. The molecule has 0 saturated carbocycles. The average molecular weight is 854 g/mol. The monoisotopic (exact) mass is 853 g/mol. The van der Waals surface area contributed by atoms with Crippen LogP contribution in [0.1, 0.15) is 38.9 Å². The minimum Gasteiger partial charge on any atom is -0.308 e. The Kier molecular flexibility index (Phi) is 9.35. The van der Waals surface area contributed by atoms with Gasteiger partial charge in [-0.2, -0.15) is 31.6 Å². The van der Waals surface area contributed by atoms with Gasteiger partial charge in [0, 0.05) is 32.7 Å². The Morgan fingerprint density at radius 3 is 1.33 bits per heavy atom. The highest BCUT2D eigenvalue weighted by atomic mass is 19.4. The van der Waals surface area contributed by atoms with Crippen LogP contribution >= 0.6 is 0 Å². The fourth-order valence-corrected chi connectivity index (χ4v) is 9.71. The molecule has 0 aliphatic rings. The Balaban J connectivity index is 1.35. The summed E-state index contributed by atoms with van der Waals surface area (Å²) in [5.74, 6) is 0. The minimum absolute atomic E-state index is 0.106. The van der Waals surface area contributed by atoms with Crippen LogP contribution in [0.3, 0.4) is 0 Å². The molecule has 0 radical (unpaired) electrons. The van der Waals surface area contributed by atoms with E-state index in [0.29, 0.717) is 50.7 Å². The predicted octanol–water partition coefficient (Wildman–Crippen LogP) is 16.0. The molecule has 0 aliphatic carbocycles. The normalized spacial score (nSPS) is 12.2. The topological polar surface area (TPSA) is 33.6 Å². The van der Waals surface area contributed by atoms with Gasteiger partial charge in [-0.25, -0.2) is 0 Å². The first-order valence-corrected chi connectivity index (χ1v) is 20.7. The van der Waals surface area contributed by atoms with Gasteiger partial charge in [0.05, 0.1) is 44.6 Å². The van der Waals surface area contributed by atoms with E-state index in [1.165, 1.54) is 12.1 Å². The SMILES string of the molecule is Cc1cc(C)cc(-c2ccc3c(c2)c2ccccc2n3-c2ccc(-c3c(C(F)(F)F)cccc3C(F)(F)F)c(-n3c4ccccc4c4cc(-c5cc(C)cc(C)c5)ccc43)c2C#N)c1. The van der Waals surface area contributed by atoms with Gasteiger partial charge in [-0.3, -0.25) is 0 Å². The third-order valence-corrected chi connectivity index (χ3v) is 12.1. The fraction of sp³-hybridized carbons (Fsp3) is 0.109. The summed E-state index contributed by atoms with van der Waals surface area (Å²) >= 11 is 0. The van der Waals surface area contributed by atoms with Crippen LogP contribution in [0.5, 0.6) is 0 Å². The number of rotatable bonds is 5. The second kappa shape index (κ2) is 14.8. The van der Waals surface area contributed by atoms with Gasteiger partial charge in [0.25, 0.3) is 0 Å². The van der Waals surface area contributed by atoms with Crippen LogP contribution in [0.25, 0.3) is 88.4 Å². The maximum absolute atomic E-state index is 15.1. The zero-order chi connectivity index (χ0) is 44.8. The molecule has 0 amide bonds. The van der Waals surface area contributed by atoms with Crippen LogP contribution in [0, 0.1) is 39.0 Å². The highest BCUT2D eigenvalue weighted by molar-refractivity contribution is 6.13. The molecule has 0 saturated heterocycles. The molecule has 0 atom stereocenters. The van der Waals surface area contributed by atoms with Gasteiger partial charge in [-0.1, -0.05) is 119 Å². The van der Waals surface area contributed by atoms with Crippen molar-refractivity contribution in [2.45, 2.75) is 40.0 Å². The molecule has 0 N–H and O–H groups in total. The fourth-order valence-electron chi connectivity index (χ4n) is 9.71. The van der Waals surface area contributed by atoms with E-state index in [4.69, 9.17) is 0 Å². The Labute approximate surface area is 364 Å². The van der Waals surface area contributed by atoms with Crippen molar-refractivity contribution in [3.8, 4) is 50.8 Å². The highest BCUT2D eigenvalue weighted by Crippen LogP contribution is 2.49. The molecule has 9 heteroatoms. The molecular weight excluding hydrogens is 817 g/mol. The van der Waals surface area contributed by atoms with Gasteiger partial charge in [-0.15, -0.1) is 0 Å². The molecule has 10 aromatic rings. The van der Waals surface area contributed by atoms with Crippen molar-refractivity contribution >= 4 is 43.6 Å². The molecular formula is C55H37F6N3. The molecule has 0 spiro atoms. The van der Waals surface area contributed by atoms with E-state index < -0.39 is 29.0 Å². The number of aromatic nitrogens is 2. The molecule has 3 nitrogen and oxygen atoms in total. The molecule has 0 fully saturated rings. The van der Waals surface area contributed by atoms with Gasteiger partial charge < -0.3 is 9.13 Å². The molecule has 314 valence electrons. The number of nitrogens with zero attached hydrogens (tertiary/aromatic N) is 3. The van der Waals surface area contributed by atoms with E-state index >= 15 is 26.3 Å². The smallest absolute Gasteiger partial charge is 0.308 e. The third kappa shape index (κ3) is 6.60. The number of para-hydroxylation sites is 2. The van der Waals surface area contributed by atoms with Crippen molar-refractivity contribution in [1.82, 2.24) is 9.13 Å². The Morgan fingerprint density at radius 1 is 0.422 bits per heavy atom. The van der Waals surface area contributed by atoms with Crippen molar-refractivity contribution < 1.29 is 26.3 Å². The van der Waals surface area contributed by atoms with Gasteiger partial charge >= 0.3 is 12.4 Å². The molecule has 2 heterocycles. The van der Waals surface area contributed by atoms with Crippen LogP contribution < -0.4 is 0 Å². The van der Waals surface area contributed by atoms with Crippen LogP contribution in [0.15, 0.2) is 152 Å². The summed E-state index contributed by atoms with van der Waals surface area (Å²) in [6.45, 7) is 8.09. The van der Waals surface area contributed by atoms with Crippen molar-refractivity contribution in [3.63, 3.8) is 0 Å². The van der Waals surface area contributed by atoms with Crippen molar-refractivity contribution in [1.29, 1.82) is 5.26 Å². The summed E-state index contributed by atoms with van der Waals surface area (Å²) < 4.78 is 94.4. The summed E-state index contributed by atoms with van der Waals surface area (Å²) in [7, 11) is 0. The lowest BCUT2D eigenvalue weighted by Gasteiger charge is -2.24. The lowest BCUT2D eigenvalue weighted by Crippen LogP contribution is -2.16. The van der Waals surface area contributed by atoms with Gasteiger partial charge in [0.1, 0.15) is 11.6 Å². The standard InChI is InChI=1S/C55H37F6N3/c1-31-22-32(2)25-37(24-31)35-16-19-49-42(28-35)39-10-5-7-14-47(39)63(49)51-21-18-41(52-45(54(56,57)58)12-9-13-46(52)55(59,60)61)53(44(51)30-62)64-48-15-8-6-11-40(48)43-29-36(17-20-50(43)64)38-26-33(3)23-34(4)27-38/h5-29H,1-4H3. The number of alkyl halides is 6. The summed E-state index contributed by atoms with van der Waals surface area (Å²) in [6, 6.07) is 46.3. The van der Waals surface area contributed by atoms with E-state index in [1.54, 1.807) is 16.7 Å². The second-order valence-electron chi connectivity index (χ2n) is 16.6. The number of nitriles is 1. The van der Waals surface area contributed by atoms with E-state index in [0.717, 1.165) is 61.3 Å². The molecule has 2 aromatic heterocycles. The molecule has 8 aromatic carbocycles.